The molecule has 0 aliphatic rings. The van der Waals surface area contributed by atoms with Gasteiger partial charge in [-0.25, -0.2) is 4.79 Å². The molecule has 3 atom stereocenters. The number of carbonyl (C=O) groups excluding carboxylic acids is 1. The Morgan fingerprint density at radius 3 is 2.74 bits per heavy atom. The fourth-order valence-electron chi connectivity index (χ4n) is 1.73. The molecule has 0 amide bonds. The molecular formula is C13H21NO4S. The zero-order valence-corrected chi connectivity index (χ0v) is 12.6. The molecule has 3 unspecified atom stereocenters. The molecule has 1 aromatic heterocycles. The maximum atomic E-state index is 11.3. The van der Waals surface area contributed by atoms with Crippen LogP contribution < -0.4 is 5.32 Å². The van der Waals surface area contributed by atoms with Gasteiger partial charge < -0.3 is 14.5 Å². The molecule has 1 N–H and O–H groups in total. The van der Waals surface area contributed by atoms with E-state index in [1.165, 1.54) is 7.11 Å². The smallest absolute Gasteiger partial charge is 0.373 e. The van der Waals surface area contributed by atoms with Gasteiger partial charge in [0.15, 0.2) is 0 Å². The van der Waals surface area contributed by atoms with Crippen molar-refractivity contribution in [2.45, 2.75) is 32.4 Å². The summed E-state index contributed by atoms with van der Waals surface area (Å²) in [5.74, 6) is 1.08. The largest absolute Gasteiger partial charge is 0.463 e. The Hall–Kier alpha value is -1.14. The first kappa shape index (κ1) is 15.9. The highest BCUT2D eigenvalue weighted by Gasteiger charge is 2.16. The number of hydrogen-bond donors (Lipinski definition) is 1. The highest BCUT2D eigenvalue weighted by molar-refractivity contribution is 7.84. The number of methoxy groups -OCH3 is 1. The predicted molar refractivity (Wildman–Crippen MR) is 74.6 cm³/mol. The van der Waals surface area contributed by atoms with Crippen LogP contribution in [0.3, 0.4) is 0 Å². The zero-order valence-electron chi connectivity index (χ0n) is 11.8. The van der Waals surface area contributed by atoms with Crippen molar-refractivity contribution in [1.29, 1.82) is 0 Å². The molecule has 0 bridgehead atoms. The molecule has 1 aromatic rings. The van der Waals surface area contributed by atoms with Gasteiger partial charge in [-0.15, -0.1) is 0 Å². The molecule has 0 aliphatic carbocycles. The van der Waals surface area contributed by atoms with Crippen LogP contribution in [0.1, 0.15) is 42.6 Å². The van der Waals surface area contributed by atoms with Crippen molar-refractivity contribution in [1.82, 2.24) is 5.32 Å². The van der Waals surface area contributed by atoms with Crippen LogP contribution in [0.2, 0.25) is 0 Å². The first-order chi connectivity index (χ1) is 8.93. The molecule has 0 spiro atoms. The highest BCUT2D eigenvalue weighted by atomic mass is 32.2. The van der Waals surface area contributed by atoms with E-state index in [0.29, 0.717) is 11.5 Å². The molecule has 0 radical (unpaired) electrons. The summed E-state index contributed by atoms with van der Waals surface area (Å²) in [7, 11) is 0.545. The van der Waals surface area contributed by atoms with E-state index in [1.54, 1.807) is 18.4 Å². The van der Waals surface area contributed by atoms with Crippen molar-refractivity contribution in [3.63, 3.8) is 0 Å². The summed E-state index contributed by atoms with van der Waals surface area (Å²) in [6.45, 7) is 3.99. The summed E-state index contributed by atoms with van der Waals surface area (Å²) >= 11 is 0. The number of rotatable bonds is 7. The quantitative estimate of drug-likeness (QED) is 0.775. The second-order valence-electron chi connectivity index (χ2n) is 4.55. The number of carbonyl (C=O) groups is 1. The van der Waals surface area contributed by atoms with E-state index >= 15 is 0 Å². The van der Waals surface area contributed by atoms with Gasteiger partial charge in [0.1, 0.15) is 5.76 Å². The van der Waals surface area contributed by atoms with E-state index in [-0.39, 0.29) is 17.8 Å². The van der Waals surface area contributed by atoms with E-state index < -0.39 is 16.8 Å². The SMILES string of the molecule is COC(=O)c1ccc(C(C)NC(C)CCS(C)=O)o1. The van der Waals surface area contributed by atoms with Gasteiger partial charge in [-0.1, -0.05) is 0 Å². The Morgan fingerprint density at radius 1 is 1.47 bits per heavy atom. The van der Waals surface area contributed by atoms with E-state index in [4.69, 9.17) is 4.42 Å². The average molecular weight is 287 g/mol. The van der Waals surface area contributed by atoms with Crippen LogP contribution in [0, 0.1) is 0 Å². The molecule has 1 heterocycles. The van der Waals surface area contributed by atoms with Gasteiger partial charge in [0.25, 0.3) is 0 Å². The van der Waals surface area contributed by atoms with Crippen molar-refractivity contribution < 1.29 is 18.2 Å². The lowest BCUT2D eigenvalue weighted by Crippen LogP contribution is -2.29. The molecule has 108 valence electrons. The van der Waals surface area contributed by atoms with Gasteiger partial charge >= 0.3 is 5.97 Å². The molecule has 6 heteroatoms. The lowest BCUT2D eigenvalue weighted by Gasteiger charge is -2.17. The van der Waals surface area contributed by atoms with Gasteiger partial charge in [-0.05, 0) is 32.4 Å². The molecule has 1 rings (SSSR count). The molecule has 5 nitrogen and oxygen atoms in total. The number of furan rings is 1. The van der Waals surface area contributed by atoms with Crippen LogP contribution >= 0.6 is 0 Å². The summed E-state index contributed by atoms with van der Waals surface area (Å²) in [6.07, 6.45) is 2.53. The number of esters is 1. The van der Waals surface area contributed by atoms with Crippen molar-refractivity contribution >= 4 is 16.8 Å². The fraction of sp³-hybridized carbons (Fsp3) is 0.615. The topological polar surface area (TPSA) is 68.5 Å². The zero-order chi connectivity index (χ0) is 14.4. The first-order valence-corrected chi connectivity index (χ1v) is 7.91. The minimum Gasteiger partial charge on any atom is -0.463 e. The molecule has 0 saturated heterocycles. The normalized spacial score (nSPS) is 15.8. The third-order valence-electron chi connectivity index (χ3n) is 2.81. The van der Waals surface area contributed by atoms with Gasteiger partial charge in [-0.3, -0.25) is 4.21 Å². The third-order valence-corrected chi connectivity index (χ3v) is 3.62. The van der Waals surface area contributed by atoms with Gasteiger partial charge in [0.05, 0.1) is 13.2 Å². The lowest BCUT2D eigenvalue weighted by atomic mass is 10.2. The monoisotopic (exact) mass is 287 g/mol. The van der Waals surface area contributed by atoms with Crippen LogP contribution in [0.5, 0.6) is 0 Å². The van der Waals surface area contributed by atoms with Crippen LogP contribution in [0.4, 0.5) is 0 Å². The number of hydrogen-bond acceptors (Lipinski definition) is 5. The van der Waals surface area contributed by atoms with E-state index in [0.717, 1.165) is 6.42 Å². The number of nitrogens with one attached hydrogen (secondary N) is 1. The highest BCUT2D eigenvalue weighted by Crippen LogP contribution is 2.17. The van der Waals surface area contributed by atoms with Gasteiger partial charge in [0.2, 0.25) is 5.76 Å². The molecule has 0 fully saturated rings. The molecule has 19 heavy (non-hydrogen) atoms. The van der Waals surface area contributed by atoms with E-state index in [1.807, 2.05) is 13.8 Å². The first-order valence-electron chi connectivity index (χ1n) is 6.18. The van der Waals surface area contributed by atoms with E-state index in [9.17, 15) is 9.00 Å². The second kappa shape index (κ2) is 7.45. The van der Waals surface area contributed by atoms with Crippen molar-refractivity contribution in [3.8, 4) is 0 Å². The van der Waals surface area contributed by atoms with Crippen molar-refractivity contribution in [2.24, 2.45) is 0 Å². The standard InChI is InChI=1S/C13H21NO4S/c1-9(7-8-19(4)16)14-10(2)11-5-6-12(18-11)13(15)17-3/h5-6,9-10,14H,7-8H2,1-4H3. The van der Waals surface area contributed by atoms with Gasteiger partial charge in [0, 0.05) is 28.9 Å². The predicted octanol–water partition coefficient (Wildman–Crippen LogP) is 1.87. The Morgan fingerprint density at radius 2 is 2.16 bits per heavy atom. The minimum atomic E-state index is -0.773. The Balaban J connectivity index is 2.53. The van der Waals surface area contributed by atoms with Crippen LogP contribution in [0.25, 0.3) is 0 Å². The fourth-order valence-corrected chi connectivity index (χ4v) is 2.42. The van der Waals surface area contributed by atoms with Crippen LogP contribution in [-0.2, 0) is 15.5 Å². The maximum absolute atomic E-state index is 11.3. The minimum absolute atomic E-state index is 0.0151. The summed E-state index contributed by atoms with van der Waals surface area (Å²) in [4.78, 5) is 11.3. The Kier molecular flexibility index (Phi) is 6.24. The Labute approximate surface area is 116 Å². The molecule has 0 aliphatic heterocycles. The summed E-state index contributed by atoms with van der Waals surface area (Å²) in [6, 6.07) is 3.57. The summed E-state index contributed by atoms with van der Waals surface area (Å²) in [5.41, 5.74) is 0. The van der Waals surface area contributed by atoms with E-state index in [2.05, 4.69) is 10.1 Å². The molecular weight excluding hydrogens is 266 g/mol. The summed E-state index contributed by atoms with van der Waals surface area (Å²) in [5, 5.41) is 3.34. The number of ether oxygens (including phenoxy) is 1. The average Bonchev–Trinajstić information content (AvgIpc) is 2.85. The van der Waals surface area contributed by atoms with Gasteiger partial charge in [-0.2, -0.15) is 0 Å². The third kappa shape index (κ3) is 5.16. The summed E-state index contributed by atoms with van der Waals surface area (Å²) < 4.78 is 21.0. The van der Waals surface area contributed by atoms with Crippen molar-refractivity contribution in [3.05, 3.63) is 23.7 Å². The van der Waals surface area contributed by atoms with Crippen LogP contribution in [0.15, 0.2) is 16.5 Å². The van der Waals surface area contributed by atoms with Crippen molar-refractivity contribution in [2.75, 3.05) is 19.1 Å². The molecule has 0 saturated carbocycles. The molecule has 0 aromatic carbocycles. The maximum Gasteiger partial charge on any atom is 0.373 e. The van der Waals surface area contributed by atoms with Crippen LogP contribution in [-0.4, -0.2) is 35.3 Å². The second-order valence-corrected chi connectivity index (χ2v) is 6.10. The lowest BCUT2D eigenvalue weighted by molar-refractivity contribution is 0.0562. The Bertz CT molecular complexity index is 444.